The first-order valence-electron chi connectivity index (χ1n) is 5.53. The fourth-order valence-electron chi connectivity index (χ4n) is 1.65. The molecule has 1 atom stereocenters. The lowest BCUT2D eigenvalue weighted by Gasteiger charge is -2.23. The Morgan fingerprint density at radius 2 is 2.13 bits per heavy atom. The van der Waals surface area contributed by atoms with E-state index >= 15 is 0 Å². The number of rotatable bonds is 4. The van der Waals surface area contributed by atoms with Crippen LogP contribution in [0, 0.1) is 0 Å². The van der Waals surface area contributed by atoms with Crippen molar-refractivity contribution in [2.24, 2.45) is 0 Å². The van der Waals surface area contributed by atoms with Crippen molar-refractivity contribution in [2.75, 3.05) is 13.1 Å². The molecule has 1 aliphatic heterocycles. The molecule has 2 fully saturated rings. The molecule has 15 heavy (non-hydrogen) atoms. The Balaban J connectivity index is 1.60. The van der Waals surface area contributed by atoms with Crippen LogP contribution >= 0.6 is 0 Å². The van der Waals surface area contributed by atoms with E-state index in [9.17, 15) is 9.59 Å². The zero-order valence-corrected chi connectivity index (χ0v) is 8.71. The molecule has 0 spiro atoms. The number of piperidine rings is 1. The monoisotopic (exact) mass is 211 g/mol. The summed E-state index contributed by atoms with van der Waals surface area (Å²) in [6.07, 6.45) is 3.61. The molecule has 2 aliphatic rings. The van der Waals surface area contributed by atoms with E-state index in [1.807, 2.05) is 0 Å². The third-order valence-corrected chi connectivity index (χ3v) is 2.76. The standard InChI is InChI=1S/C10H17N3O2/c14-9-4-3-8(5-12-9)11-6-10(15)13-7-1-2-7/h7-8,11H,1-6H2,(H,12,14)(H,13,15). The molecule has 1 saturated heterocycles. The normalized spacial score (nSPS) is 25.9. The first-order chi connectivity index (χ1) is 7.24. The maximum absolute atomic E-state index is 11.3. The van der Waals surface area contributed by atoms with Crippen molar-refractivity contribution in [1.82, 2.24) is 16.0 Å². The number of carbonyl (C=O) groups is 2. The van der Waals surface area contributed by atoms with Crippen LogP contribution in [0.3, 0.4) is 0 Å². The molecule has 84 valence electrons. The van der Waals surface area contributed by atoms with Crippen molar-refractivity contribution in [3.05, 3.63) is 0 Å². The third-order valence-electron chi connectivity index (χ3n) is 2.76. The molecule has 1 unspecified atom stereocenters. The van der Waals surface area contributed by atoms with Gasteiger partial charge in [-0.3, -0.25) is 9.59 Å². The summed E-state index contributed by atoms with van der Waals surface area (Å²) in [6.45, 7) is 0.993. The Hall–Kier alpha value is -1.10. The van der Waals surface area contributed by atoms with E-state index < -0.39 is 0 Å². The van der Waals surface area contributed by atoms with Crippen molar-refractivity contribution in [1.29, 1.82) is 0 Å². The van der Waals surface area contributed by atoms with Gasteiger partial charge in [0, 0.05) is 25.0 Å². The van der Waals surface area contributed by atoms with Gasteiger partial charge in [0.15, 0.2) is 0 Å². The van der Waals surface area contributed by atoms with Crippen molar-refractivity contribution in [2.45, 2.75) is 37.8 Å². The van der Waals surface area contributed by atoms with Crippen LogP contribution in [0.4, 0.5) is 0 Å². The Kier molecular flexibility index (Phi) is 3.20. The number of amides is 2. The summed E-state index contributed by atoms with van der Waals surface area (Å²) in [6, 6.07) is 0.665. The molecule has 0 radical (unpaired) electrons. The van der Waals surface area contributed by atoms with Crippen LogP contribution in [-0.4, -0.2) is 37.0 Å². The highest BCUT2D eigenvalue weighted by molar-refractivity contribution is 5.79. The van der Waals surface area contributed by atoms with Crippen molar-refractivity contribution in [3.8, 4) is 0 Å². The number of hydrogen-bond acceptors (Lipinski definition) is 3. The summed E-state index contributed by atoms with van der Waals surface area (Å²) < 4.78 is 0. The van der Waals surface area contributed by atoms with Crippen LogP contribution in [0.25, 0.3) is 0 Å². The highest BCUT2D eigenvalue weighted by Crippen LogP contribution is 2.18. The second kappa shape index (κ2) is 4.61. The smallest absolute Gasteiger partial charge is 0.234 e. The molecule has 0 aromatic carbocycles. The van der Waals surface area contributed by atoms with E-state index in [-0.39, 0.29) is 17.9 Å². The van der Waals surface area contributed by atoms with E-state index in [1.165, 1.54) is 0 Å². The van der Waals surface area contributed by atoms with Gasteiger partial charge in [-0.1, -0.05) is 0 Å². The quantitative estimate of drug-likeness (QED) is 0.566. The highest BCUT2D eigenvalue weighted by atomic mass is 16.2. The zero-order valence-electron chi connectivity index (χ0n) is 8.71. The summed E-state index contributed by atoms with van der Waals surface area (Å²) in [5.41, 5.74) is 0. The first kappa shape index (κ1) is 10.4. The minimum absolute atomic E-state index is 0.0643. The van der Waals surface area contributed by atoms with Crippen molar-refractivity contribution >= 4 is 11.8 Å². The molecule has 2 rings (SSSR count). The summed E-state index contributed by atoms with van der Waals surface area (Å²) >= 11 is 0. The van der Waals surface area contributed by atoms with Gasteiger partial charge in [0.25, 0.3) is 0 Å². The maximum atomic E-state index is 11.3. The molecular weight excluding hydrogens is 194 g/mol. The molecule has 1 heterocycles. The predicted octanol–water partition coefficient (Wildman–Crippen LogP) is -0.867. The van der Waals surface area contributed by atoms with Gasteiger partial charge in [0.05, 0.1) is 6.54 Å². The average Bonchev–Trinajstić information content (AvgIpc) is 3.01. The van der Waals surface area contributed by atoms with Gasteiger partial charge in [-0.05, 0) is 19.3 Å². The molecule has 1 aliphatic carbocycles. The van der Waals surface area contributed by atoms with Crippen LogP contribution < -0.4 is 16.0 Å². The van der Waals surface area contributed by atoms with Crippen LogP contribution in [0.1, 0.15) is 25.7 Å². The average molecular weight is 211 g/mol. The number of carbonyl (C=O) groups excluding carboxylic acids is 2. The Labute approximate surface area is 89.0 Å². The predicted molar refractivity (Wildman–Crippen MR) is 55.2 cm³/mol. The summed E-state index contributed by atoms with van der Waals surface area (Å²) in [5, 5.41) is 8.84. The van der Waals surface area contributed by atoms with E-state index in [4.69, 9.17) is 0 Å². The molecular formula is C10H17N3O2. The molecule has 3 N–H and O–H groups in total. The molecule has 0 bridgehead atoms. The van der Waals surface area contributed by atoms with E-state index in [2.05, 4.69) is 16.0 Å². The van der Waals surface area contributed by atoms with Crippen LogP contribution in [0.5, 0.6) is 0 Å². The summed E-state index contributed by atoms with van der Waals surface area (Å²) in [7, 11) is 0. The lowest BCUT2D eigenvalue weighted by Crippen LogP contribution is -2.48. The first-order valence-corrected chi connectivity index (χ1v) is 5.53. The second-order valence-corrected chi connectivity index (χ2v) is 4.26. The molecule has 0 aromatic rings. The van der Waals surface area contributed by atoms with Crippen molar-refractivity contribution < 1.29 is 9.59 Å². The fourth-order valence-corrected chi connectivity index (χ4v) is 1.65. The van der Waals surface area contributed by atoms with E-state index in [0.717, 1.165) is 19.3 Å². The van der Waals surface area contributed by atoms with Gasteiger partial charge in [-0.2, -0.15) is 0 Å². The lowest BCUT2D eigenvalue weighted by atomic mass is 10.1. The fraction of sp³-hybridized carbons (Fsp3) is 0.800. The van der Waals surface area contributed by atoms with Crippen molar-refractivity contribution in [3.63, 3.8) is 0 Å². The minimum Gasteiger partial charge on any atom is -0.355 e. The van der Waals surface area contributed by atoms with E-state index in [0.29, 0.717) is 25.6 Å². The summed E-state index contributed by atoms with van der Waals surface area (Å²) in [5.74, 6) is 0.171. The largest absolute Gasteiger partial charge is 0.355 e. The third kappa shape index (κ3) is 3.51. The van der Waals surface area contributed by atoms with Crippen LogP contribution in [0.15, 0.2) is 0 Å². The lowest BCUT2D eigenvalue weighted by molar-refractivity contribution is -0.122. The second-order valence-electron chi connectivity index (χ2n) is 4.26. The van der Waals surface area contributed by atoms with Crippen LogP contribution in [-0.2, 0) is 9.59 Å². The minimum atomic E-state index is 0.0643. The van der Waals surface area contributed by atoms with E-state index in [1.54, 1.807) is 0 Å². The Morgan fingerprint density at radius 1 is 1.33 bits per heavy atom. The van der Waals surface area contributed by atoms with Gasteiger partial charge in [0.1, 0.15) is 0 Å². The van der Waals surface area contributed by atoms with Gasteiger partial charge in [-0.25, -0.2) is 0 Å². The maximum Gasteiger partial charge on any atom is 0.234 e. The number of nitrogens with one attached hydrogen (secondary N) is 3. The zero-order chi connectivity index (χ0) is 10.7. The SMILES string of the molecule is O=C1CCC(NCC(=O)NC2CC2)CN1. The Morgan fingerprint density at radius 3 is 2.73 bits per heavy atom. The molecule has 5 heteroatoms. The Bertz CT molecular complexity index is 253. The molecule has 0 aromatic heterocycles. The number of hydrogen-bond donors (Lipinski definition) is 3. The highest BCUT2D eigenvalue weighted by Gasteiger charge is 2.24. The van der Waals surface area contributed by atoms with Gasteiger partial charge < -0.3 is 16.0 Å². The van der Waals surface area contributed by atoms with Gasteiger partial charge in [0.2, 0.25) is 11.8 Å². The van der Waals surface area contributed by atoms with Crippen LogP contribution in [0.2, 0.25) is 0 Å². The van der Waals surface area contributed by atoms with Gasteiger partial charge in [-0.15, -0.1) is 0 Å². The topological polar surface area (TPSA) is 70.2 Å². The molecule has 5 nitrogen and oxygen atoms in total. The van der Waals surface area contributed by atoms with Gasteiger partial charge >= 0.3 is 0 Å². The molecule has 1 saturated carbocycles. The molecule has 2 amide bonds. The summed E-state index contributed by atoms with van der Waals surface area (Å²) in [4.78, 5) is 22.2.